The Kier molecular flexibility index (Phi) is 3.15. The van der Waals surface area contributed by atoms with Crippen LogP contribution >= 0.6 is 0 Å². The van der Waals surface area contributed by atoms with E-state index in [1.807, 2.05) is 25.2 Å². The van der Waals surface area contributed by atoms with Gasteiger partial charge in [-0.2, -0.15) is 5.10 Å². The van der Waals surface area contributed by atoms with E-state index in [0.29, 0.717) is 0 Å². The highest BCUT2D eigenvalue weighted by Crippen LogP contribution is 2.28. The highest BCUT2D eigenvalue weighted by Gasteiger charge is 2.19. The molecular formula is C13H17N3O. The van der Waals surface area contributed by atoms with E-state index in [0.717, 1.165) is 17.0 Å². The number of hydrogen-bond donors (Lipinski definition) is 1. The Morgan fingerprint density at radius 2 is 2.06 bits per heavy atom. The second-order valence-electron chi connectivity index (χ2n) is 4.06. The molecule has 0 fully saturated rings. The summed E-state index contributed by atoms with van der Waals surface area (Å²) in [5.74, 6) is 0.725. The van der Waals surface area contributed by atoms with Crippen LogP contribution in [0.4, 0.5) is 0 Å². The van der Waals surface area contributed by atoms with Crippen LogP contribution in [0.3, 0.4) is 0 Å². The first-order valence-electron chi connectivity index (χ1n) is 5.52. The number of hydrogen-bond acceptors (Lipinski definition) is 3. The van der Waals surface area contributed by atoms with Crippen LogP contribution in [0.15, 0.2) is 30.5 Å². The summed E-state index contributed by atoms with van der Waals surface area (Å²) in [6.07, 6.45) is 1.69. The summed E-state index contributed by atoms with van der Waals surface area (Å²) in [6.45, 7) is 2.05. The van der Waals surface area contributed by atoms with Crippen LogP contribution in [0, 0.1) is 6.92 Å². The molecule has 2 rings (SSSR count). The molecule has 1 atom stereocenters. The van der Waals surface area contributed by atoms with Gasteiger partial charge in [0.05, 0.1) is 19.3 Å². The lowest BCUT2D eigenvalue weighted by molar-refractivity contribution is 0.406. The molecule has 90 valence electrons. The fraction of sp³-hybridized carbons (Fsp3) is 0.308. The molecule has 0 saturated carbocycles. The summed E-state index contributed by atoms with van der Waals surface area (Å²) in [6, 6.07) is 7.86. The van der Waals surface area contributed by atoms with Crippen molar-refractivity contribution in [3.05, 3.63) is 47.3 Å². The van der Waals surface area contributed by atoms with Crippen molar-refractivity contribution >= 4 is 0 Å². The lowest BCUT2D eigenvalue weighted by Gasteiger charge is -2.16. The monoisotopic (exact) mass is 231 g/mol. The van der Waals surface area contributed by atoms with Crippen molar-refractivity contribution in [1.29, 1.82) is 0 Å². The minimum atomic E-state index is -0.223. The molecule has 17 heavy (non-hydrogen) atoms. The number of aryl methyl sites for hydroxylation is 2. The van der Waals surface area contributed by atoms with Crippen molar-refractivity contribution in [1.82, 2.24) is 9.78 Å². The van der Waals surface area contributed by atoms with Gasteiger partial charge in [-0.05, 0) is 18.1 Å². The zero-order chi connectivity index (χ0) is 12.4. The number of nitrogens with zero attached hydrogens (tertiary/aromatic N) is 2. The number of aromatic nitrogens is 2. The van der Waals surface area contributed by atoms with Gasteiger partial charge in [0.25, 0.3) is 0 Å². The van der Waals surface area contributed by atoms with Crippen LogP contribution in [-0.2, 0) is 7.05 Å². The van der Waals surface area contributed by atoms with Crippen LogP contribution in [0.25, 0.3) is 0 Å². The maximum Gasteiger partial charge on any atom is 0.161 e. The minimum Gasteiger partial charge on any atom is -0.493 e. The summed E-state index contributed by atoms with van der Waals surface area (Å²) in [5.41, 5.74) is 9.45. The van der Waals surface area contributed by atoms with Crippen molar-refractivity contribution < 1.29 is 4.74 Å². The Labute approximate surface area is 101 Å². The number of rotatable bonds is 3. The number of methoxy groups -OCH3 is 1. The molecular weight excluding hydrogens is 214 g/mol. The van der Waals surface area contributed by atoms with Crippen molar-refractivity contribution in [2.45, 2.75) is 13.0 Å². The number of nitrogens with two attached hydrogens (primary N) is 1. The predicted molar refractivity (Wildman–Crippen MR) is 67.0 cm³/mol. The van der Waals surface area contributed by atoms with E-state index < -0.39 is 0 Å². The molecule has 0 aliphatic heterocycles. The van der Waals surface area contributed by atoms with Crippen LogP contribution < -0.4 is 10.5 Å². The summed E-state index contributed by atoms with van der Waals surface area (Å²) < 4.78 is 7.05. The van der Waals surface area contributed by atoms with Gasteiger partial charge in [-0.1, -0.05) is 24.3 Å². The lowest BCUT2D eigenvalue weighted by Crippen LogP contribution is -2.17. The lowest BCUT2D eigenvalue weighted by atomic mass is 9.99. The van der Waals surface area contributed by atoms with Gasteiger partial charge in [0.15, 0.2) is 5.75 Å². The van der Waals surface area contributed by atoms with Crippen LogP contribution in [-0.4, -0.2) is 16.9 Å². The summed E-state index contributed by atoms with van der Waals surface area (Å²) >= 11 is 0. The fourth-order valence-electron chi connectivity index (χ4n) is 2.02. The standard InChI is InChI=1S/C13H17N3O/c1-9-6-4-5-7-10(9)12(14)13-11(17-3)8-15-16(13)2/h4-8,12H,14H2,1-3H3. The van der Waals surface area contributed by atoms with Crippen molar-refractivity contribution in [2.75, 3.05) is 7.11 Å². The molecule has 4 nitrogen and oxygen atoms in total. The fourth-order valence-corrected chi connectivity index (χ4v) is 2.02. The number of benzene rings is 1. The van der Waals surface area contributed by atoms with Crippen molar-refractivity contribution in [3.63, 3.8) is 0 Å². The molecule has 0 amide bonds. The SMILES string of the molecule is COc1cnn(C)c1C(N)c1ccccc1C. The van der Waals surface area contributed by atoms with Gasteiger partial charge in [-0.3, -0.25) is 4.68 Å². The Morgan fingerprint density at radius 1 is 1.35 bits per heavy atom. The average molecular weight is 231 g/mol. The molecule has 1 heterocycles. The molecule has 1 aromatic heterocycles. The molecule has 1 aromatic carbocycles. The summed E-state index contributed by atoms with van der Waals surface area (Å²) in [7, 11) is 3.50. The third-order valence-corrected chi connectivity index (χ3v) is 2.99. The summed E-state index contributed by atoms with van der Waals surface area (Å²) in [4.78, 5) is 0. The average Bonchev–Trinajstić information content (AvgIpc) is 2.70. The maximum atomic E-state index is 6.30. The minimum absolute atomic E-state index is 0.223. The Morgan fingerprint density at radius 3 is 2.71 bits per heavy atom. The van der Waals surface area contributed by atoms with E-state index in [-0.39, 0.29) is 6.04 Å². The van der Waals surface area contributed by atoms with Gasteiger partial charge in [0.1, 0.15) is 5.69 Å². The van der Waals surface area contributed by atoms with E-state index in [1.165, 1.54) is 5.56 Å². The van der Waals surface area contributed by atoms with Crippen LogP contribution in [0.1, 0.15) is 22.9 Å². The summed E-state index contributed by atoms with van der Waals surface area (Å²) in [5, 5.41) is 4.18. The molecule has 0 saturated heterocycles. The van der Waals surface area contributed by atoms with Gasteiger partial charge in [-0.25, -0.2) is 0 Å². The van der Waals surface area contributed by atoms with Gasteiger partial charge >= 0.3 is 0 Å². The van der Waals surface area contributed by atoms with Gasteiger partial charge in [0.2, 0.25) is 0 Å². The van der Waals surface area contributed by atoms with Gasteiger partial charge < -0.3 is 10.5 Å². The molecule has 2 aromatic rings. The van der Waals surface area contributed by atoms with E-state index in [4.69, 9.17) is 10.5 Å². The first-order chi connectivity index (χ1) is 8.15. The molecule has 0 bridgehead atoms. The molecule has 0 aliphatic carbocycles. The largest absolute Gasteiger partial charge is 0.493 e. The maximum absolute atomic E-state index is 6.30. The second kappa shape index (κ2) is 4.59. The Bertz CT molecular complexity index is 519. The quantitative estimate of drug-likeness (QED) is 0.876. The molecule has 0 spiro atoms. The second-order valence-corrected chi connectivity index (χ2v) is 4.06. The molecule has 0 radical (unpaired) electrons. The third kappa shape index (κ3) is 2.03. The zero-order valence-corrected chi connectivity index (χ0v) is 10.3. The highest BCUT2D eigenvalue weighted by atomic mass is 16.5. The topological polar surface area (TPSA) is 53.1 Å². The van der Waals surface area contributed by atoms with Crippen molar-refractivity contribution in [2.24, 2.45) is 12.8 Å². The predicted octanol–water partition coefficient (Wildman–Crippen LogP) is 1.79. The highest BCUT2D eigenvalue weighted by molar-refractivity contribution is 5.39. The normalized spacial score (nSPS) is 12.5. The first kappa shape index (κ1) is 11.7. The van der Waals surface area contributed by atoms with E-state index in [9.17, 15) is 0 Å². The van der Waals surface area contributed by atoms with E-state index in [1.54, 1.807) is 18.0 Å². The third-order valence-electron chi connectivity index (χ3n) is 2.99. The van der Waals surface area contributed by atoms with Crippen LogP contribution in [0.5, 0.6) is 5.75 Å². The van der Waals surface area contributed by atoms with Gasteiger partial charge in [0, 0.05) is 7.05 Å². The number of ether oxygens (including phenoxy) is 1. The van der Waals surface area contributed by atoms with E-state index >= 15 is 0 Å². The van der Waals surface area contributed by atoms with Gasteiger partial charge in [-0.15, -0.1) is 0 Å². The molecule has 1 unspecified atom stereocenters. The van der Waals surface area contributed by atoms with Crippen molar-refractivity contribution in [3.8, 4) is 5.75 Å². The van der Waals surface area contributed by atoms with Crippen LogP contribution in [0.2, 0.25) is 0 Å². The smallest absolute Gasteiger partial charge is 0.161 e. The molecule has 4 heteroatoms. The first-order valence-corrected chi connectivity index (χ1v) is 5.52. The molecule has 0 aliphatic rings. The Balaban J connectivity index is 2.47. The van der Waals surface area contributed by atoms with E-state index in [2.05, 4.69) is 18.1 Å². The zero-order valence-electron chi connectivity index (χ0n) is 10.3. The molecule has 2 N–H and O–H groups in total. The Hall–Kier alpha value is -1.81.